The zero-order valence-corrected chi connectivity index (χ0v) is 14.5. The van der Waals surface area contributed by atoms with E-state index >= 15 is 0 Å². The Labute approximate surface area is 143 Å². The number of benzene rings is 1. The zero-order chi connectivity index (χ0) is 15.5. The molecule has 0 aromatic heterocycles. The van der Waals surface area contributed by atoms with Gasteiger partial charge in [-0.1, -0.05) is 23.2 Å². The Morgan fingerprint density at radius 3 is 2.45 bits per heavy atom. The average molecular weight is 342 g/mol. The number of unbranched alkanes of at least 4 members (excludes halogenated alkanes) is 1. The fourth-order valence-corrected chi connectivity index (χ4v) is 4.31. The predicted molar refractivity (Wildman–Crippen MR) is 93.6 cm³/mol. The minimum absolute atomic E-state index is 0.216. The van der Waals surface area contributed by atoms with Gasteiger partial charge in [0.2, 0.25) is 0 Å². The van der Waals surface area contributed by atoms with Crippen molar-refractivity contribution in [2.75, 3.05) is 32.7 Å². The molecule has 5 heteroatoms. The van der Waals surface area contributed by atoms with Crippen LogP contribution < -0.4 is 5.73 Å². The first kappa shape index (κ1) is 16.5. The van der Waals surface area contributed by atoms with Crippen molar-refractivity contribution in [3.63, 3.8) is 0 Å². The van der Waals surface area contributed by atoms with Crippen LogP contribution in [0, 0.1) is 0 Å². The van der Waals surface area contributed by atoms with Crippen molar-refractivity contribution in [3.05, 3.63) is 33.3 Å². The highest BCUT2D eigenvalue weighted by molar-refractivity contribution is 6.34. The third kappa shape index (κ3) is 3.44. The number of likely N-dealkylation sites (tertiary alicyclic amines) is 1. The normalized spacial score (nSPS) is 22.4. The largest absolute Gasteiger partial charge is 0.329 e. The summed E-state index contributed by atoms with van der Waals surface area (Å²) in [6, 6.07) is 4.00. The molecule has 1 unspecified atom stereocenters. The number of nitrogens with zero attached hydrogens (tertiary/aromatic N) is 2. The van der Waals surface area contributed by atoms with Gasteiger partial charge in [0.15, 0.2) is 0 Å². The zero-order valence-electron chi connectivity index (χ0n) is 13.0. The minimum Gasteiger partial charge on any atom is -0.329 e. The van der Waals surface area contributed by atoms with Gasteiger partial charge in [0.1, 0.15) is 0 Å². The molecule has 22 heavy (non-hydrogen) atoms. The highest BCUT2D eigenvalue weighted by Gasteiger charge is 2.32. The smallest absolute Gasteiger partial charge is 0.0492 e. The molecule has 2 aliphatic heterocycles. The molecule has 0 spiro atoms. The molecule has 1 fully saturated rings. The van der Waals surface area contributed by atoms with Crippen LogP contribution in [0.3, 0.4) is 0 Å². The van der Waals surface area contributed by atoms with Gasteiger partial charge in [-0.25, -0.2) is 0 Å². The summed E-state index contributed by atoms with van der Waals surface area (Å²) in [7, 11) is 0. The highest BCUT2D eigenvalue weighted by atomic mass is 35.5. The standard InChI is InChI=1S/C17H25Cl2N3/c18-14-5-6-15(19)17-13(14)12-22(16(17)11-20)10-4-3-9-21-7-1-2-8-21/h5-6,16H,1-4,7-12,20H2. The molecule has 0 bridgehead atoms. The van der Waals surface area contributed by atoms with E-state index in [4.69, 9.17) is 28.9 Å². The van der Waals surface area contributed by atoms with Crippen LogP contribution in [0.5, 0.6) is 0 Å². The maximum absolute atomic E-state index is 6.38. The van der Waals surface area contributed by atoms with Crippen LogP contribution in [0.15, 0.2) is 12.1 Å². The Balaban J connectivity index is 1.56. The van der Waals surface area contributed by atoms with E-state index in [-0.39, 0.29) is 6.04 Å². The van der Waals surface area contributed by atoms with Crippen molar-refractivity contribution in [1.29, 1.82) is 0 Å². The van der Waals surface area contributed by atoms with Gasteiger partial charge in [-0.2, -0.15) is 0 Å². The van der Waals surface area contributed by atoms with E-state index in [0.29, 0.717) is 6.54 Å². The lowest BCUT2D eigenvalue weighted by Gasteiger charge is -2.24. The lowest BCUT2D eigenvalue weighted by atomic mass is 10.0. The van der Waals surface area contributed by atoms with Crippen molar-refractivity contribution in [1.82, 2.24) is 9.80 Å². The van der Waals surface area contributed by atoms with Crippen LogP contribution in [0.2, 0.25) is 10.0 Å². The van der Waals surface area contributed by atoms with Crippen molar-refractivity contribution < 1.29 is 0 Å². The van der Waals surface area contributed by atoms with Crippen LogP contribution in [-0.2, 0) is 6.54 Å². The Hall–Kier alpha value is -0.320. The molecule has 0 amide bonds. The summed E-state index contributed by atoms with van der Waals surface area (Å²) >= 11 is 12.7. The number of hydrogen-bond acceptors (Lipinski definition) is 3. The molecule has 1 aromatic rings. The van der Waals surface area contributed by atoms with E-state index in [1.807, 2.05) is 12.1 Å². The van der Waals surface area contributed by atoms with Gasteiger partial charge < -0.3 is 10.6 Å². The second kappa shape index (κ2) is 7.50. The van der Waals surface area contributed by atoms with Crippen LogP contribution in [0.1, 0.15) is 42.9 Å². The molecule has 1 aromatic carbocycles. The Kier molecular flexibility index (Phi) is 5.64. The monoisotopic (exact) mass is 341 g/mol. The molecule has 1 atom stereocenters. The number of fused-ring (bicyclic) bond motifs is 1. The fraction of sp³-hybridized carbons (Fsp3) is 0.647. The van der Waals surface area contributed by atoms with Gasteiger partial charge in [-0.05, 0) is 75.1 Å². The first-order chi connectivity index (χ1) is 10.7. The lowest BCUT2D eigenvalue weighted by molar-refractivity contribution is 0.210. The number of nitrogens with two attached hydrogens (primary N) is 1. The molecule has 2 heterocycles. The molecule has 1 saturated heterocycles. The molecule has 3 rings (SSSR count). The van der Waals surface area contributed by atoms with E-state index in [2.05, 4.69) is 9.80 Å². The highest BCUT2D eigenvalue weighted by Crippen LogP contribution is 2.41. The maximum Gasteiger partial charge on any atom is 0.0492 e. The van der Waals surface area contributed by atoms with E-state index in [1.165, 1.54) is 50.9 Å². The molecular weight excluding hydrogens is 317 g/mol. The number of rotatable bonds is 6. The Bertz CT molecular complexity index is 515. The molecule has 2 N–H and O–H groups in total. The van der Waals surface area contributed by atoms with Gasteiger partial charge in [-0.15, -0.1) is 0 Å². The molecule has 0 aliphatic carbocycles. The second-order valence-corrected chi connectivity index (χ2v) is 7.21. The minimum atomic E-state index is 0.216. The molecule has 122 valence electrons. The first-order valence-corrected chi connectivity index (χ1v) is 9.09. The van der Waals surface area contributed by atoms with Gasteiger partial charge in [0.05, 0.1) is 0 Å². The molecule has 0 saturated carbocycles. The molecule has 3 nitrogen and oxygen atoms in total. The van der Waals surface area contributed by atoms with Crippen LogP contribution in [-0.4, -0.2) is 42.5 Å². The quantitative estimate of drug-likeness (QED) is 0.801. The van der Waals surface area contributed by atoms with Crippen LogP contribution in [0.4, 0.5) is 0 Å². The second-order valence-electron chi connectivity index (χ2n) is 6.40. The van der Waals surface area contributed by atoms with Gasteiger partial charge in [0.25, 0.3) is 0 Å². The van der Waals surface area contributed by atoms with Crippen molar-refractivity contribution in [3.8, 4) is 0 Å². The van der Waals surface area contributed by atoms with E-state index in [0.717, 1.165) is 28.7 Å². The number of hydrogen-bond donors (Lipinski definition) is 1. The third-order valence-corrected chi connectivity index (χ3v) is 5.66. The van der Waals surface area contributed by atoms with E-state index < -0.39 is 0 Å². The van der Waals surface area contributed by atoms with E-state index in [9.17, 15) is 0 Å². The topological polar surface area (TPSA) is 32.5 Å². The summed E-state index contributed by atoms with van der Waals surface area (Å²) in [5.74, 6) is 0. The van der Waals surface area contributed by atoms with Crippen LogP contribution in [0.25, 0.3) is 0 Å². The van der Waals surface area contributed by atoms with Gasteiger partial charge in [-0.3, -0.25) is 4.90 Å². The third-order valence-electron chi connectivity index (χ3n) is 4.97. The average Bonchev–Trinajstić information content (AvgIpc) is 3.15. The Morgan fingerprint density at radius 2 is 1.73 bits per heavy atom. The first-order valence-electron chi connectivity index (χ1n) is 8.34. The predicted octanol–water partition coefficient (Wildman–Crippen LogP) is 3.68. The summed E-state index contributed by atoms with van der Waals surface area (Å²) in [6.07, 6.45) is 5.20. The Morgan fingerprint density at radius 1 is 1.05 bits per heavy atom. The fourth-order valence-electron chi connectivity index (χ4n) is 3.78. The van der Waals surface area contributed by atoms with E-state index in [1.54, 1.807) is 0 Å². The van der Waals surface area contributed by atoms with Crippen molar-refractivity contribution >= 4 is 23.2 Å². The lowest BCUT2D eigenvalue weighted by Crippen LogP contribution is -2.29. The molecule has 0 radical (unpaired) electrons. The van der Waals surface area contributed by atoms with Crippen molar-refractivity contribution in [2.45, 2.75) is 38.3 Å². The summed E-state index contributed by atoms with van der Waals surface area (Å²) in [6.45, 7) is 6.34. The SMILES string of the molecule is NCC1c2c(Cl)ccc(Cl)c2CN1CCCCN1CCCC1. The van der Waals surface area contributed by atoms with Gasteiger partial charge >= 0.3 is 0 Å². The molecular formula is C17H25Cl2N3. The molecule has 2 aliphatic rings. The summed E-state index contributed by atoms with van der Waals surface area (Å²) in [5.41, 5.74) is 8.33. The summed E-state index contributed by atoms with van der Waals surface area (Å²) in [5, 5.41) is 1.62. The summed E-state index contributed by atoms with van der Waals surface area (Å²) < 4.78 is 0. The summed E-state index contributed by atoms with van der Waals surface area (Å²) in [4.78, 5) is 5.01. The van der Waals surface area contributed by atoms with Gasteiger partial charge in [0, 0.05) is 29.2 Å². The van der Waals surface area contributed by atoms with Crippen molar-refractivity contribution in [2.24, 2.45) is 5.73 Å². The maximum atomic E-state index is 6.38. The number of halogens is 2. The van der Waals surface area contributed by atoms with Crippen LogP contribution >= 0.6 is 23.2 Å².